The van der Waals surface area contributed by atoms with E-state index in [1.54, 1.807) is 19.3 Å². The van der Waals surface area contributed by atoms with Crippen LogP contribution in [0.1, 0.15) is 30.5 Å². The molecule has 0 spiro atoms. The van der Waals surface area contributed by atoms with Crippen molar-refractivity contribution < 1.29 is 19.1 Å². The Morgan fingerprint density at radius 2 is 1.89 bits per heavy atom. The van der Waals surface area contributed by atoms with Crippen molar-refractivity contribution in [1.82, 2.24) is 10.2 Å². The van der Waals surface area contributed by atoms with Gasteiger partial charge >= 0.3 is 6.03 Å². The molecule has 1 aliphatic rings. The molecule has 0 unspecified atom stereocenters. The first-order chi connectivity index (χ1) is 13.4. The summed E-state index contributed by atoms with van der Waals surface area (Å²) < 4.78 is 11.2. The minimum absolute atomic E-state index is 0.0693. The van der Waals surface area contributed by atoms with Gasteiger partial charge in [-0.2, -0.15) is 0 Å². The number of methoxy groups -OCH3 is 1. The van der Waals surface area contributed by atoms with Crippen LogP contribution in [-0.4, -0.2) is 30.1 Å². The van der Waals surface area contributed by atoms with E-state index in [1.807, 2.05) is 57.2 Å². The normalized spacial score (nSPS) is 15.3. The molecule has 1 heterocycles. The van der Waals surface area contributed by atoms with E-state index in [2.05, 4.69) is 5.32 Å². The number of imide groups is 1. The Bertz CT molecular complexity index is 934. The first kappa shape index (κ1) is 19.5. The summed E-state index contributed by atoms with van der Waals surface area (Å²) in [7, 11) is 1.56. The van der Waals surface area contributed by atoms with Crippen LogP contribution in [0.15, 0.2) is 48.2 Å². The average molecular weight is 380 g/mol. The molecule has 3 amide bonds. The number of para-hydroxylation sites is 1. The number of carbonyl (C=O) groups is 2. The number of aryl methyl sites for hydroxylation is 1. The fourth-order valence-corrected chi connectivity index (χ4v) is 3.03. The number of hydrogen-bond donors (Lipinski definition) is 1. The molecule has 3 rings (SSSR count). The Morgan fingerprint density at radius 3 is 2.57 bits per heavy atom. The van der Waals surface area contributed by atoms with Crippen LogP contribution in [0.5, 0.6) is 11.5 Å². The minimum Gasteiger partial charge on any atom is -0.493 e. The highest BCUT2D eigenvalue weighted by Gasteiger charge is 2.33. The average Bonchev–Trinajstić information content (AvgIpc) is 2.90. The number of amides is 3. The van der Waals surface area contributed by atoms with E-state index in [-0.39, 0.29) is 24.3 Å². The van der Waals surface area contributed by atoms with Gasteiger partial charge in [0, 0.05) is 5.56 Å². The van der Waals surface area contributed by atoms with Gasteiger partial charge in [-0.1, -0.05) is 42.0 Å². The van der Waals surface area contributed by atoms with E-state index >= 15 is 0 Å². The maximum Gasteiger partial charge on any atom is 0.329 e. The molecule has 1 aliphatic heterocycles. The lowest BCUT2D eigenvalue weighted by atomic mass is 10.1. The fraction of sp³-hybridized carbons (Fsp3) is 0.273. The van der Waals surface area contributed by atoms with Gasteiger partial charge < -0.3 is 14.8 Å². The Kier molecular flexibility index (Phi) is 5.68. The third-order valence-electron chi connectivity index (χ3n) is 4.27. The van der Waals surface area contributed by atoms with Crippen molar-refractivity contribution in [3.63, 3.8) is 0 Å². The highest BCUT2D eigenvalue weighted by molar-refractivity contribution is 6.14. The van der Waals surface area contributed by atoms with Crippen molar-refractivity contribution in [3.8, 4) is 11.5 Å². The third-order valence-corrected chi connectivity index (χ3v) is 4.27. The molecule has 6 nitrogen and oxygen atoms in total. The molecule has 0 atom stereocenters. The summed E-state index contributed by atoms with van der Waals surface area (Å²) in [6.07, 6.45) is 1.55. The molecule has 2 aromatic rings. The van der Waals surface area contributed by atoms with Gasteiger partial charge in [0.2, 0.25) is 0 Å². The maximum atomic E-state index is 12.8. The van der Waals surface area contributed by atoms with E-state index in [0.717, 1.165) is 11.1 Å². The molecular formula is C22H24N2O4. The second kappa shape index (κ2) is 8.17. The highest BCUT2D eigenvalue weighted by atomic mass is 16.5. The monoisotopic (exact) mass is 380 g/mol. The van der Waals surface area contributed by atoms with Gasteiger partial charge in [0.15, 0.2) is 11.5 Å². The molecule has 146 valence electrons. The molecule has 28 heavy (non-hydrogen) atoms. The number of rotatable bonds is 6. The number of benzene rings is 2. The quantitative estimate of drug-likeness (QED) is 0.610. The van der Waals surface area contributed by atoms with Crippen LogP contribution in [0.3, 0.4) is 0 Å². The van der Waals surface area contributed by atoms with Crippen LogP contribution < -0.4 is 14.8 Å². The van der Waals surface area contributed by atoms with Crippen LogP contribution in [0.2, 0.25) is 0 Å². The first-order valence-corrected chi connectivity index (χ1v) is 9.12. The van der Waals surface area contributed by atoms with E-state index < -0.39 is 6.03 Å². The smallest absolute Gasteiger partial charge is 0.329 e. The van der Waals surface area contributed by atoms with Crippen LogP contribution in [0, 0.1) is 6.92 Å². The van der Waals surface area contributed by atoms with Crippen molar-refractivity contribution in [2.45, 2.75) is 33.4 Å². The lowest BCUT2D eigenvalue weighted by molar-refractivity contribution is -0.123. The predicted molar refractivity (Wildman–Crippen MR) is 107 cm³/mol. The highest BCUT2D eigenvalue weighted by Crippen LogP contribution is 2.34. The van der Waals surface area contributed by atoms with Gasteiger partial charge in [-0.3, -0.25) is 9.69 Å². The van der Waals surface area contributed by atoms with Crippen molar-refractivity contribution in [1.29, 1.82) is 0 Å². The molecule has 0 bridgehead atoms. The summed E-state index contributed by atoms with van der Waals surface area (Å²) in [4.78, 5) is 26.4. The third kappa shape index (κ3) is 4.17. The Hall–Kier alpha value is -3.28. The van der Waals surface area contributed by atoms with Crippen LogP contribution in [-0.2, 0) is 11.3 Å². The Labute approximate surface area is 164 Å². The number of nitrogens with zero attached hydrogens (tertiary/aromatic N) is 1. The molecule has 0 radical (unpaired) electrons. The predicted octanol–water partition coefficient (Wildman–Crippen LogP) is 3.88. The second-order valence-corrected chi connectivity index (χ2v) is 6.91. The van der Waals surface area contributed by atoms with Gasteiger partial charge in [0.25, 0.3) is 5.91 Å². The zero-order chi connectivity index (χ0) is 20.3. The zero-order valence-electron chi connectivity index (χ0n) is 16.5. The summed E-state index contributed by atoms with van der Waals surface area (Å²) in [6.45, 7) is 6.02. The number of nitrogens with one attached hydrogen (secondary N) is 1. The van der Waals surface area contributed by atoms with Crippen LogP contribution in [0.25, 0.3) is 6.08 Å². The minimum atomic E-state index is -0.438. The Morgan fingerprint density at radius 1 is 1.14 bits per heavy atom. The summed E-state index contributed by atoms with van der Waals surface area (Å²) in [5.74, 6) is 0.730. The molecule has 2 aromatic carbocycles. The fourth-order valence-electron chi connectivity index (χ4n) is 3.03. The van der Waals surface area contributed by atoms with Gasteiger partial charge in [0.05, 0.1) is 19.8 Å². The molecule has 0 aliphatic carbocycles. The van der Waals surface area contributed by atoms with Gasteiger partial charge in [-0.15, -0.1) is 0 Å². The molecule has 0 aromatic heterocycles. The van der Waals surface area contributed by atoms with E-state index in [1.165, 1.54) is 4.90 Å². The number of ether oxygens (including phenoxy) is 2. The first-order valence-electron chi connectivity index (χ1n) is 9.12. The molecular weight excluding hydrogens is 356 g/mol. The van der Waals surface area contributed by atoms with Crippen LogP contribution >= 0.6 is 0 Å². The van der Waals surface area contributed by atoms with Gasteiger partial charge in [-0.25, -0.2) is 4.79 Å². The van der Waals surface area contributed by atoms with Crippen LogP contribution in [0.4, 0.5) is 4.79 Å². The SMILES string of the molecule is COc1cccc(/C=C2/NC(=O)N(Cc3cccc(C)c3)C2=O)c1OC(C)C. The molecule has 1 N–H and O–H groups in total. The summed E-state index contributed by atoms with van der Waals surface area (Å²) in [5, 5.41) is 2.66. The number of urea groups is 1. The summed E-state index contributed by atoms with van der Waals surface area (Å²) >= 11 is 0. The zero-order valence-corrected chi connectivity index (χ0v) is 16.5. The molecule has 0 saturated carbocycles. The second-order valence-electron chi connectivity index (χ2n) is 6.91. The van der Waals surface area contributed by atoms with Crippen molar-refractivity contribution >= 4 is 18.0 Å². The standard InChI is InChI=1S/C22H24N2O4/c1-14(2)28-20-17(9-6-10-19(20)27-4)12-18-21(25)24(22(26)23-18)13-16-8-5-7-15(3)11-16/h5-12,14H,13H2,1-4H3,(H,23,26)/b18-12+. The van der Waals surface area contributed by atoms with Crippen molar-refractivity contribution in [2.24, 2.45) is 0 Å². The summed E-state index contributed by atoms with van der Waals surface area (Å²) in [6, 6.07) is 12.7. The van der Waals surface area contributed by atoms with E-state index in [9.17, 15) is 9.59 Å². The molecule has 1 fully saturated rings. The van der Waals surface area contributed by atoms with Crippen molar-refractivity contribution in [3.05, 3.63) is 64.9 Å². The topological polar surface area (TPSA) is 67.9 Å². The maximum absolute atomic E-state index is 12.8. The number of carbonyl (C=O) groups excluding carboxylic acids is 2. The lowest BCUT2D eigenvalue weighted by Gasteiger charge is -2.16. The van der Waals surface area contributed by atoms with Gasteiger partial charge in [-0.05, 0) is 38.5 Å². The summed E-state index contributed by atoms with van der Waals surface area (Å²) in [5.41, 5.74) is 2.84. The molecule has 1 saturated heterocycles. The van der Waals surface area contributed by atoms with E-state index in [0.29, 0.717) is 17.1 Å². The largest absolute Gasteiger partial charge is 0.493 e. The van der Waals surface area contributed by atoms with Crippen molar-refractivity contribution in [2.75, 3.05) is 7.11 Å². The lowest BCUT2D eigenvalue weighted by Crippen LogP contribution is -2.30. The molecule has 6 heteroatoms. The number of hydrogen-bond acceptors (Lipinski definition) is 4. The van der Waals surface area contributed by atoms with E-state index in [4.69, 9.17) is 9.47 Å². The van der Waals surface area contributed by atoms with Gasteiger partial charge in [0.1, 0.15) is 5.70 Å². The Balaban J connectivity index is 1.90.